The van der Waals surface area contributed by atoms with E-state index in [0.29, 0.717) is 15.9 Å². The van der Waals surface area contributed by atoms with Gasteiger partial charge in [0.2, 0.25) is 16.2 Å². The molecule has 0 aliphatic carbocycles. The van der Waals surface area contributed by atoms with Crippen LogP contribution >= 0.6 is 23.1 Å². The first kappa shape index (κ1) is 18.4. The van der Waals surface area contributed by atoms with Crippen LogP contribution in [0.1, 0.15) is 18.4 Å². The number of aromatic nitrogens is 7. The molecule has 0 aliphatic heterocycles. The largest absolute Gasteiger partial charge is 0.300 e. The quantitative estimate of drug-likeness (QED) is 0.461. The number of hydrogen-bond donors (Lipinski definition) is 1. The van der Waals surface area contributed by atoms with Gasteiger partial charge >= 0.3 is 0 Å². The molecule has 142 valence electrons. The highest BCUT2D eigenvalue weighted by Gasteiger charge is 2.13. The molecule has 4 rings (SSSR count). The van der Waals surface area contributed by atoms with E-state index in [1.165, 1.54) is 23.1 Å². The predicted molar refractivity (Wildman–Crippen MR) is 107 cm³/mol. The molecule has 0 spiro atoms. The van der Waals surface area contributed by atoms with Crippen molar-refractivity contribution in [3.05, 3.63) is 41.7 Å². The maximum Gasteiger partial charge on any atom is 0.236 e. The number of fused-ring (bicyclic) bond motifs is 1. The number of carbonyl (C=O) groups is 1. The van der Waals surface area contributed by atoms with E-state index in [0.717, 1.165) is 29.1 Å². The van der Waals surface area contributed by atoms with Crippen LogP contribution in [-0.4, -0.2) is 46.7 Å². The number of amides is 1. The average molecular weight is 413 g/mol. The summed E-state index contributed by atoms with van der Waals surface area (Å²) in [7, 11) is 0. The molecule has 0 unspecified atom stereocenters. The first-order valence-corrected chi connectivity index (χ1v) is 10.4. The number of anilines is 1. The molecular formula is C17H16N8OS2. The fourth-order valence-electron chi connectivity index (χ4n) is 2.43. The van der Waals surface area contributed by atoms with Crippen molar-refractivity contribution in [2.24, 2.45) is 0 Å². The Hall–Kier alpha value is -2.92. The number of aryl methyl sites for hydroxylation is 1. The minimum Gasteiger partial charge on any atom is -0.300 e. The van der Waals surface area contributed by atoms with Gasteiger partial charge in [0.15, 0.2) is 5.65 Å². The second-order valence-corrected chi connectivity index (χ2v) is 7.81. The number of pyridine rings is 1. The van der Waals surface area contributed by atoms with E-state index < -0.39 is 0 Å². The lowest BCUT2D eigenvalue weighted by molar-refractivity contribution is -0.113. The molecule has 0 bridgehead atoms. The van der Waals surface area contributed by atoms with Crippen molar-refractivity contribution in [1.82, 2.24) is 35.0 Å². The number of carbonyl (C=O) groups excluding carboxylic acids is 1. The second kappa shape index (κ2) is 8.40. The smallest absolute Gasteiger partial charge is 0.236 e. The first-order chi connectivity index (χ1) is 13.7. The molecule has 0 radical (unpaired) electrons. The monoisotopic (exact) mass is 412 g/mol. The van der Waals surface area contributed by atoms with Gasteiger partial charge in [-0.15, -0.1) is 20.4 Å². The van der Waals surface area contributed by atoms with Gasteiger partial charge in [-0.1, -0.05) is 30.0 Å². The van der Waals surface area contributed by atoms with Crippen molar-refractivity contribution in [1.29, 1.82) is 0 Å². The van der Waals surface area contributed by atoms with Crippen molar-refractivity contribution >= 4 is 39.8 Å². The lowest BCUT2D eigenvalue weighted by atomic mass is 10.2. The minimum atomic E-state index is -0.177. The summed E-state index contributed by atoms with van der Waals surface area (Å²) in [4.78, 5) is 16.3. The van der Waals surface area contributed by atoms with E-state index in [4.69, 9.17) is 0 Å². The molecular weight excluding hydrogens is 396 g/mol. The highest BCUT2D eigenvalue weighted by molar-refractivity contribution is 7.99. The number of rotatable bonds is 7. The Labute approximate surface area is 168 Å². The predicted octanol–water partition coefficient (Wildman–Crippen LogP) is 2.72. The highest BCUT2D eigenvalue weighted by atomic mass is 32.2. The van der Waals surface area contributed by atoms with Crippen LogP contribution in [0.15, 0.2) is 41.8 Å². The summed E-state index contributed by atoms with van der Waals surface area (Å²) in [5.74, 6) is -0.00758. The number of thioether (sulfide) groups is 1. The molecule has 9 nitrogen and oxygen atoms in total. The molecule has 0 aliphatic rings. The Balaban J connectivity index is 1.44. The van der Waals surface area contributed by atoms with Crippen LogP contribution in [0.5, 0.6) is 0 Å². The van der Waals surface area contributed by atoms with Gasteiger partial charge in [0.1, 0.15) is 5.01 Å². The molecule has 0 saturated carbocycles. The van der Waals surface area contributed by atoms with Gasteiger partial charge in [-0.2, -0.15) is 9.61 Å². The summed E-state index contributed by atoms with van der Waals surface area (Å²) in [5, 5.41) is 25.6. The van der Waals surface area contributed by atoms with Gasteiger partial charge in [0.05, 0.1) is 11.4 Å². The molecule has 4 aromatic heterocycles. The Morgan fingerprint density at radius 2 is 2.14 bits per heavy atom. The van der Waals surface area contributed by atoms with Crippen LogP contribution in [0.25, 0.3) is 16.9 Å². The van der Waals surface area contributed by atoms with Crippen LogP contribution in [-0.2, 0) is 11.2 Å². The van der Waals surface area contributed by atoms with E-state index in [-0.39, 0.29) is 11.7 Å². The van der Waals surface area contributed by atoms with Gasteiger partial charge in [0.25, 0.3) is 0 Å². The zero-order valence-electron chi connectivity index (χ0n) is 14.9. The number of nitrogens with zero attached hydrogens (tertiary/aromatic N) is 7. The van der Waals surface area contributed by atoms with Crippen molar-refractivity contribution in [3.8, 4) is 11.3 Å². The third-order valence-electron chi connectivity index (χ3n) is 3.70. The lowest BCUT2D eigenvalue weighted by Crippen LogP contribution is -2.14. The van der Waals surface area contributed by atoms with Crippen LogP contribution in [0.3, 0.4) is 0 Å². The van der Waals surface area contributed by atoms with Gasteiger partial charge in [0, 0.05) is 24.4 Å². The summed E-state index contributed by atoms with van der Waals surface area (Å²) in [6.07, 6.45) is 5.31. The van der Waals surface area contributed by atoms with Gasteiger partial charge in [-0.3, -0.25) is 15.1 Å². The maximum absolute atomic E-state index is 12.2. The summed E-state index contributed by atoms with van der Waals surface area (Å²) < 4.78 is 1.63. The number of nitrogens with one attached hydrogen (secondary N) is 1. The first-order valence-electron chi connectivity index (χ1n) is 8.61. The van der Waals surface area contributed by atoms with E-state index in [9.17, 15) is 4.79 Å². The van der Waals surface area contributed by atoms with E-state index in [2.05, 4.69) is 42.7 Å². The van der Waals surface area contributed by atoms with Crippen LogP contribution in [0, 0.1) is 0 Å². The molecule has 28 heavy (non-hydrogen) atoms. The van der Waals surface area contributed by atoms with Crippen molar-refractivity contribution < 1.29 is 4.79 Å². The van der Waals surface area contributed by atoms with Crippen LogP contribution < -0.4 is 5.32 Å². The van der Waals surface area contributed by atoms with Crippen molar-refractivity contribution in [3.63, 3.8) is 0 Å². The summed E-state index contributed by atoms with van der Waals surface area (Å²) in [6.45, 7) is 2.08. The summed E-state index contributed by atoms with van der Waals surface area (Å²) in [6, 6.07) is 7.49. The third kappa shape index (κ3) is 4.15. The molecule has 0 atom stereocenters. The molecule has 0 aromatic carbocycles. The van der Waals surface area contributed by atoms with E-state index in [1.54, 1.807) is 16.9 Å². The Morgan fingerprint density at radius 1 is 1.21 bits per heavy atom. The van der Waals surface area contributed by atoms with Gasteiger partial charge < -0.3 is 0 Å². The maximum atomic E-state index is 12.2. The van der Waals surface area contributed by atoms with E-state index in [1.807, 2.05) is 24.3 Å². The molecule has 1 amide bonds. The summed E-state index contributed by atoms with van der Waals surface area (Å²) >= 11 is 2.66. The normalized spacial score (nSPS) is 11.0. The van der Waals surface area contributed by atoms with E-state index >= 15 is 0 Å². The molecule has 4 heterocycles. The standard InChI is InChI=1S/C17H16N8OS2/c1-2-4-15-21-22-16(28-15)19-14(26)10-27-17-23-20-13-7-6-12(24-25(13)17)11-5-3-8-18-9-11/h3,5-9H,2,4,10H2,1H3,(H,19,22,26). The Kier molecular flexibility index (Phi) is 5.53. The van der Waals surface area contributed by atoms with Crippen LogP contribution in [0.4, 0.5) is 5.13 Å². The van der Waals surface area contributed by atoms with Gasteiger partial charge in [-0.25, -0.2) is 0 Å². The minimum absolute atomic E-state index is 0.169. The summed E-state index contributed by atoms with van der Waals surface area (Å²) in [5.41, 5.74) is 2.26. The van der Waals surface area contributed by atoms with Crippen molar-refractivity contribution in [2.45, 2.75) is 24.9 Å². The zero-order valence-corrected chi connectivity index (χ0v) is 16.6. The average Bonchev–Trinajstić information content (AvgIpc) is 3.33. The Bertz CT molecular complexity index is 1090. The molecule has 4 aromatic rings. The molecule has 0 saturated heterocycles. The fraction of sp³-hybridized carbons (Fsp3) is 0.235. The second-order valence-electron chi connectivity index (χ2n) is 5.80. The Morgan fingerprint density at radius 3 is 2.96 bits per heavy atom. The molecule has 11 heteroatoms. The zero-order chi connectivity index (χ0) is 19.3. The topological polar surface area (TPSA) is 111 Å². The van der Waals surface area contributed by atoms with Crippen molar-refractivity contribution in [2.75, 3.05) is 11.1 Å². The fourth-order valence-corrected chi connectivity index (χ4v) is 3.98. The molecule has 0 fully saturated rings. The molecule has 1 N–H and O–H groups in total. The highest BCUT2D eigenvalue weighted by Crippen LogP contribution is 2.21. The number of hydrogen-bond acceptors (Lipinski definition) is 9. The van der Waals surface area contributed by atoms with Gasteiger partial charge in [-0.05, 0) is 30.7 Å². The SMILES string of the molecule is CCCc1nnc(NC(=O)CSc2nnc3ccc(-c4cccnc4)nn23)s1. The lowest BCUT2D eigenvalue weighted by Gasteiger charge is -2.03. The van der Waals surface area contributed by atoms with Crippen LogP contribution in [0.2, 0.25) is 0 Å². The third-order valence-corrected chi connectivity index (χ3v) is 5.52.